The Balaban J connectivity index is 2.10. The number of sulfone groups is 1. The second kappa shape index (κ2) is 4.00. The lowest BCUT2D eigenvalue weighted by Gasteiger charge is -2.38. The average Bonchev–Trinajstić information content (AvgIpc) is 2.06. The Kier molecular flexibility index (Phi) is 2.96. The van der Waals surface area contributed by atoms with E-state index in [-0.39, 0.29) is 5.25 Å². The summed E-state index contributed by atoms with van der Waals surface area (Å²) in [5.74, 6) is 0.848. The minimum absolute atomic E-state index is 0.238. The summed E-state index contributed by atoms with van der Waals surface area (Å²) < 4.78 is 23.5. The highest BCUT2D eigenvalue weighted by atomic mass is 79.9. The van der Waals surface area contributed by atoms with Crippen LogP contribution in [-0.2, 0) is 9.84 Å². The summed E-state index contributed by atoms with van der Waals surface area (Å²) in [6, 6.07) is 3.83. The second-order valence-corrected chi connectivity index (χ2v) is 7.27. The molecule has 88 valence electrons. The third-order valence-corrected chi connectivity index (χ3v) is 5.13. The van der Waals surface area contributed by atoms with Gasteiger partial charge in [0.15, 0.2) is 9.84 Å². The van der Waals surface area contributed by atoms with Gasteiger partial charge in [0.2, 0.25) is 0 Å². The Morgan fingerprint density at radius 1 is 1.44 bits per heavy atom. The normalized spacial score (nSPS) is 17.3. The summed E-state index contributed by atoms with van der Waals surface area (Å²) in [4.78, 5) is 6.37. The van der Waals surface area contributed by atoms with Gasteiger partial charge in [-0.3, -0.25) is 0 Å². The summed E-state index contributed by atoms with van der Waals surface area (Å²) in [6.07, 6.45) is 1.29. The molecule has 0 bridgehead atoms. The smallest absolute Gasteiger partial charge is 0.153 e. The average molecular weight is 305 g/mol. The molecule has 1 aromatic heterocycles. The van der Waals surface area contributed by atoms with Crippen LogP contribution in [0, 0.1) is 6.92 Å². The molecule has 1 aliphatic rings. The fraction of sp³-hybridized carbons (Fsp3) is 0.500. The number of hydrogen-bond donors (Lipinski definition) is 0. The predicted octanol–water partition coefficient (Wildman–Crippen LogP) is 1.39. The maximum absolute atomic E-state index is 11.3. The highest BCUT2D eigenvalue weighted by molar-refractivity contribution is 9.10. The highest BCUT2D eigenvalue weighted by Gasteiger charge is 2.35. The van der Waals surface area contributed by atoms with Gasteiger partial charge in [0.25, 0.3) is 0 Å². The zero-order chi connectivity index (χ0) is 11.9. The Labute approximate surface area is 104 Å². The molecule has 0 atom stereocenters. The molecule has 1 saturated heterocycles. The van der Waals surface area contributed by atoms with Crippen molar-refractivity contribution in [3.05, 3.63) is 22.3 Å². The quantitative estimate of drug-likeness (QED) is 0.828. The van der Waals surface area contributed by atoms with Gasteiger partial charge in [0.05, 0.1) is 10.9 Å². The molecule has 2 rings (SSSR count). The number of anilines is 1. The van der Waals surface area contributed by atoms with Crippen molar-refractivity contribution >= 4 is 31.6 Å². The molecule has 0 radical (unpaired) electrons. The van der Waals surface area contributed by atoms with Crippen LogP contribution in [0.1, 0.15) is 5.69 Å². The van der Waals surface area contributed by atoms with Gasteiger partial charge in [-0.1, -0.05) is 0 Å². The van der Waals surface area contributed by atoms with Gasteiger partial charge < -0.3 is 4.90 Å². The number of hydrogen-bond acceptors (Lipinski definition) is 4. The van der Waals surface area contributed by atoms with E-state index in [9.17, 15) is 8.42 Å². The van der Waals surface area contributed by atoms with E-state index in [0.717, 1.165) is 16.0 Å². The molecule has 0 aliphatic carbocycles. The van der Waals surface area contributed by atoms with Crippen molar-refractivity contribution in [3.8, 4) is 0 Å². The van der Waals surface area contributed by atoms with Crippen molar-refractivity contribution in [3.63, 3.8) is 0 Å². The standard InChI is InChI=1S/C10H13BrN2O2S/c1-7-9(11)3-4-10(12-7)13-5-8(6-13)16(2,14)15/h3-4,8H,5-6H2,1-2H3. The molecule has 0 N–H and O–H groups in total. The van der Waals surface area contributed by atoms with Crippen molar-refractivity contribution in [2.75, 3.05) is 24.2 Å². The SMILES string of the molecule is Cc1nc(N2CC(S(C)(=O)=O)C2)ccc1Br. The molecule has 1 aromatic rings. The molecular weight excluding hydrogens is 292 g/mol. The number of rotatable bonds is 2. The molecule has 4 nitrogen and oxygen atoms in total. The Morgan fingerprint density at radius 2 is 2.06 bits per heavy atom. The fourth-order valence-corrected chi connectivity index (χ4v) is 2.73. The Hall–Kier alpha value is -0.620. The third-order valence-electron chi connectivity index (χ3n) is 2.78. The van der Waals surface area contributed by atoms with Gasteiger partial charge in [0.1, 0.15) is 5.82 Å². The summed E-state index contributed by atoms with van der Waals surface area (Å²) in [5, 5.41) is -0.238. The molecule has 1 aliphatic heterocycles. The predicted molar refractivity (Wildman–Crippen MR) is 67.5 cm³/mol. The zero-order valence-electron chi connectivity index (χ0n) is 9.14. The van der Waals surface area contributed by atoms with E-state index in [1.165, 1.54) is 6.26 Å². The van der Waals surface area contributed by atoms with E-state index in [1.807, 2.05) is 24.0 Å². The number of nitrogens with zero attached hydrogens (tertiary/aromatic N) is 2. The number of aromatic nitrogens is 1. The van der Waals surface area contributed by atoms with E-state index < -0.39 is 9.84 Å². The van der Waals surface area contributed by atoms with Crippen LogP contribution in [0.15, 0.2) is 16.6 Å². The first-order chi connectivity index (χ1) is 7.38. The van der Waals surface area contributed by atoms with Crippen LogP contribution in [0.25, 0.3) is 0 Å². The van der Waals surface area contributed by atoms with Crippen molar-refractivity contribution in [2.45, 2.75) is 12.2 Å². The lowest BCUT2D eigenvalue weighted by atomic mass is 10.2. The van der Waals surface area contributed by atoms with Crippen LogP contribution in [0.3, 0.4) is 0 Å². The molecule has 0 aromatic carbocycles. The highest BCUT2D eigenvalue weighted by Crippen LogP contribution is 2.25. The van der Waals surface area contributed by atoms with Crippen LogP contribution in [0.4, 0.5) is 5.82 Å². The molecule has 6 heteroatoms. The minimum Gasteiger partial charge on any atom is -0.354 e. The number of halogens is 1. The molecule has 0 spiro atoms. The van der Waals surface area contributed by atoms with Crippen molar-refractivity contribution in [2.24, 2.45) is 0 Å². The summed E-state index contributed by atoms with van der Waals surface area (Å²) in [5.41, 5.74) is 0.917. The number of pyridine rings is 1. The van der Waals surface area contributed by atoms with E-state index in [2.05, 4.69) is 20.9 Å². The largest absolute Gasteiger partial charge is 0.354 e. The van der Waals surface area contributed by atoms with Gasteiger partial charge in [-0.15, -0.1) is 0 Å². The van der Waals surface area contributed by atoms with Crippen LogP contribution < -0.4 is 4.90 Å². The Bertz CT molecular complexity index is 510. The first kappa shape index (κ1) is 11.9. The third kappa shape index (κ3) is 2.22. The van der Waals surface area contributed by atoms with Crippen molar-refractivity contribution < 1.29 is 8.42 Å². The van der Waals surface area contributed by atoms with Crippen molar-refractivity contribution in [1.82, 2.24) is 4.98 Å². The molecule has 0 unspecified atom stereocenters. The molecular formula is C10H13BrN2O2S. The zero-order valence-corrected chi connectivity index (χ0v) is 11.5. The first-order valence-corrected chi connectivity index (χ1v) is 7.69. The van der Waals surface area contributed by atoms with E-state index in [0.29, 0.717) is 13.1 Å². The van der Waals surface area contributed by atoms with Crippen LogP contribution >= 0.6 is 15.9 Å². The Morgan fingerprint density at radius 3 is 2.56 bits per heavy atom. The van der Waals surface area contributed by atoms with Gasteiger partial charge in [-0.25, -0.2) is 13.4 Å². The second-order valence-electron chi connectivity index (χ2n) is 4.09. The maximum Gasteiger partial charge on any atom is 0.153 e. The first-order valence-electron chi connectivity index (χ1n) is 4.95. The van der Waals surface area contributed by atoms with Crippen molar-refractivity contribution in [1.29, 1.82) is 0 Å². The lowest BCUT2D eigenvalue weighted by molar-refractivity contribution is 0.544. The van der Waals surface area contributed by atoms with Crippen LogP contribution in [0.5, 0.6) is 0 Å². The van der Waals surface area contributed by atoms with Crippen LogP contribution in [-0.4, -0.2) is 38.0 Å². The van der Waals surface area contributed by atoms with E-state index >= 15 is 0 Å². The molecule has 0 amide bonds. The van der Waals surface area contributed by atoms with E-state index in [4.69, 9.17) is 0 Å². The minimum atomic E-state index is -2.90. The topological polar surface area (TPSA) is 50.3 Å². The van der Waals surface area contributed by atoms with Gasteiger partial charge >= 0.3 is 0 Å². The van der Waals surface area contributed by atoms with Gasteiger partial charge in [0, 0.05) is 23.8 Å². The van der Waals surface area contributed by atoms with Crippen LogP contribution in [0.2, 0.25) is 0 Å². The molecule has 1 fully saturated rings. The summed E-state index contributed by atoms with van der Waals surface area (Å²) >= 11 is 3.39. The fourth-order valence-electron chi connectivity index (χ4n) is 1.60. The maximum atomic E-state index is 11.3. The van der Waals surface area contributed by atoms with Gasteiger partial charge in [-0.05, 0) is 35.0 Å². The lowest BCUT2D eigenvalue weighted by Crippen LogP contribution is -2.54. The number of aryl methyl sites for hydroxylation is 1. The molecule has 16 heavy (non-hydrogen) atoms. The monoisotopic (exact) mass is 304 g/mol. The summed E-state index contributed by atoms with van der Waals surface area (Å²) in [7, 11) is -2.90. The van der Waals surface area contributed by atoms with Gasteiger partial charge in [-0.2, -0.15) is 0 Å². The molecule has 2 heterocycles. The summed E-state index contributed by atoms with van der Waals surface area (Å²) in [6.45, 7) is 3.02. The molecule has 0 saturated carbocycles. The van der Waals surface area contributed by atoms with E-state index in [1.54, 1.807) is 0 Å².